The number of hydrogen-bond donors (Lipinski definition) is 0. The van der Waals surface area contributed by atoms with Gasteiger partial charge in [-0.15, -0.1) is 0 Å². The summed E-state index contributed by atoms with van der Waals surface area (Å²) in [4.78, 5) is 0. The first-order valence-electron chi connectivity index (χ1n) is 4.87. The molecule has 0 aliphatic carbocycles. The molecule has 0 unspecified atom stereocenters. The van der Waals surface area contributed by atoms with Gasteiger partial charge in [0.15, 0.2) is 0 Å². The minimum Gasteiger partial charge on any atom is -0.154 e. The lowest BCUT2D eigenvalue weighted by atomic mass is 10.2. The highest BCUT2D eigenvalue weighted by molar-refractivity contribution is 8.00. The van der Waals surface area contributed by atoms with Crippen LogP contribution < -0.4 is 0 Å². The molecule has 0 aromatic rings. The molecule has 68 valence electrons. The van der Waals surface area contributed by atoms with Crippen LogP contribution in [-0.2, 0) is 0 Å². The standard InChI is InChI=1S/C10H16S2/c1-3-9(11-7-1)5-6-10-4-2-8-12-10/h5-6,9-10H,1-4,7-8H2/b6-5-/t9-,10-/m0/s1. The molecule has 0 aromatic heterocycles. The molecule has 0 radical (unpaired) electrons. The molecule has 2 saturated heterocycles. The summed E-state index contributed by atoms with van der Waals surface area (Å²) in [5, 5.41) is 1.71. The Morgan fingerprint density at radius 3 is 1.67 bits per heavy atom. The third-order valence-corrected chi connectivity index (χ3v) is 5.16. The van der Waals surface area contributed by atoms with Crippen LogP contribution in [0.1, 0.15) is 25.7 Å². The van der Waals surface area contributed by atoms with Gasteiger partial charge in [0.25, 0.3) is 0 Å². The minimum atomic E-state index is 0.853. The van der Waals surface area contributed by atoms with Crippen LogP contribution in [0.15, 0.2) is 12.2 Å². The van der Waals surface area contributed by atoms with Gasteiger partial charge in [-0.2, -0.15) is 23.5 Å². The fourth-order valence-electron chi connectivity index (χ4n) is 1.76. The SMILES string of the molecule is C(=C/[C@@H]1CCCS1)/[C@@H]1CCCS1. The smallest absolute Gasteiger partial charge is 0.0227 e. The maximum atomic E-state index is 2.46. The third kappa shape index (κ3) is 2.46. The first kappa shape index (κ1) is 9.01. The van der Waals surface area contributed by atoms with Crippen molar-refractivity contribution in [3.63, 3.8) is 0 Å². The van der Waals surface area contributed by atoms with Gasteiger partial charge in [-0.3, -0.25) is 0 Å². The van der Waals surface area contributed by atoms with E-state index in [2.05, 4.69) is 35.7 Å². The van der Waals surface area contributed by atoms with E-state index < -0.39 is 0 Å². The lowest BCUT2D eigenvalue weighted by Gasteiger charge is -2.03. The third-order valence-electron chi connectivity index (χ3n) is 2.47. The second-order valence-corrected chi connectivity index (χ2v) is 6.18. The lowest BCUT2D eigenvalue weighted by molar-refractivity contribution is 0.859. The maximum Gasteiger partial charge on any atom is 0.0227 e. The Labute approximate surface area is 83.6 Å². The Kier molecular flexibility index (Phi) is 3.47. The van der Waals surface area contributed by atoms with Crippen molar-refractivity contribution in [2.24, 2.45) is 0 Å². The van der Waals surface area contributed by atoms with Crippen LogP contribution in [0.3, 0.4) is 0 Å². The molecule has 0 aromatic carbocycles. The summed E-state index contributed by atoms with van der Waals surface area (Å²) in [6.07, 6.45) is 10.6. The van der Waals surface area contributed by atoms with E-state index in [9.17, 15) is 0 Å². The van der Waals surface area contributed by atoms with Gasteiger partial charge >= 0.3 is 0 Å². The molecule has 2 rings (SSSR count). The van der Waals surface area contributed by atoms with Crippen LogP contribution in [0.25, 0.3) is 0 Å². The van der Waals surface area contributed by atoms with Crippen molar-refractivity contribution in [2.75, 3.05) is 11.5 Å². The molecule has 0 bridgehead atoms. The summed E-state index contributed by atoms with van der Waals surface area (Å²) in [7, 11) is 0. The van der Waals surface area contributed by atoms with E-state index in [1.54, 1.807) is 0 Å². The average molecular weight is 200 g/mol. The predicted octanol–water partition coefficient (Wildman–Crippen LogP) is 3.33. The minimum absolute atomic E-state index is 0.853. The van der Waals surface area contributed by atoms with E-state index in [-0.39, 0.29) is 0 Å². The molecule has 0 spiro atoms. The maximum absolute atomic E-state index is 2.46. The molecule has 12 heavy (non-hydrogen) atoms. The van der Waals surface area contributed by atoms with E-state index in [1.807, 2.05) is 0 Å². The summed E-state index contributed by atoms with van der Waals surface area (Å²) in [5.74, 6) is 2.76. The van der Waals surface area contributed by atoms with Gasteiger partial charge in [0.1, 0.15) is 0 Å². The molecule has 0 saturated carbocycles. The number of thioether (sulfide) groups is 2. The number of hydrogen-bond acceptors (Lipinski definition) is 2. The molecule has 0 amide bonds. The lowest BCUT2D eigenvalue weighted by Crippen LogP contribution is -1.94. The van der Waals surface area contributed by atoms with Crippen molar-refractivity contribution >= 4 is 23.5 Å². The van der Waals surface area contributed by atoms with Crippen LogP contribution in [-0.4, -0.2) is 22.0 Å². The van der Waals surface area contributed by atoms with Crippen LogP contribution in [0.4, 0.5) is 0 Å². The van der Waals surface area contributed by atoms with Crippen LogP contribution >= 0.6 is 23.5 Å². The zero-order valence-electron chi connectivity index (χ0n) is 7.37. The van der Waals surface area contributed by atoms with Crippen molar-refractivity contribution in [1.82, 2.24) is 0 Å². The van der Waals surface area contributed by atoms with Crippen molar-refractivity contribution in [3.05, 3.63) is 12.2 Å². The molecule has 2 atom stereocenters. The van der Waals surface area contributed by atoms with Crippen molar-refractivity contribution in [2.45, 2.75) is 36.2 Å². The van der Waals surface area contributed by atoms with Gasteiger partial charge < -0.3 is 0 Å². The molecular weight excluding hydrogens is 184 g/mol. The van der Waals surface area contributed by atoms with Gasteiger partial charge in [-0.1, -0.05) is 12.2 Å². The largest absolute Gasteiger partial charge is 0.154 e. The first-order chi connectivity index (χ1) is 5.95. The molecule has 2 heterocycles. The van der Waals surface area contributed by atoms with Crippen molar-refractivity contribution in [3.8, 4) is 0 Å². The Morgan fingerprint density at radius 1 is 0.833 bits per heavy atom. The normalized spacial score (nSPS) is 36.7. The zero-order chi connectivity index (χ0) is 8.23. The van der Waals surface area contributed by atoms with Gasteiger partial charge in [0.05, 0.1) is 0 Å². The Hall–Kier alpha value is 0.440. The van der Waals surface area contributed by atoms with E-state index in [4.69, 9.17) is 0 Å². The fourth-order valence-corrected chi connectivity index (χ4v) is 4.10. The van der Waals surface area contributed by atoms with Crippen molar-refractivity contribution < 1.29 is 0 Å². The number of rotatable bonds is 2. The topological polar surface area (TPSA) is 0 Å². The first-order valence-corrected chi connectivity index (χ1v) is 6.96. The Balaban J connectivity index is 1.75. The summed E-state index contributed by atoms with van der Waals surface area (Å²) >= 11 is 4.26. The molecule has 2 heteroatoms. The highest BCUT2D eigenvalue weighted by atomic mass is 32.2. The molecule has 2 aliphatic rings. The van der Waals surface area contributed by atoms with Crippen LogP contribution in [0, 0.1) is 0 Å². The molecule has 0 nitrogen and oxygen atoms in total. The Morgan fingerprint density at radius 2 is 1.33 bits per heavy atom. The predicted molar refractivity (Wildman–Crippen MR) is 60.1 cm³/mol. The Bertz CT molecular complexity index is 135. The van der Waals surface area contributed by atoms with Gasteiger partial charge in [0.2, 0.25) is 0 Å². The summed E-state index contributed by atoms with van der Waals surface area (Å²) < 4.78 is 0. The average Bonchev–Trinajstić information content (AvgIpc) is 2.74. The summed E-state index contributed by atoms with van der Waals surface area (Å²) in [6, 6.07) is 0. The van der Waals surface area contributed by atoms with E-state index in [1.165, 1.54) is 37.2 Å². The van der Waals surface area contributed by atoms with Crippen LogP contribution in [0.2, 0.25) is 0 Å². The van der Waals surface area contributed by atoms with Crippen molar-refractivity contribution in [1.29, 1.82) is 0 Å². The molecule has 2 fully saturated rings. The van der Waals surface area contributed by atoms with Gasteiger partial charge in [-0.25, -0.2) is 0 Å². The van der Waals surface area contributed by atoms with E-state index >= 15 is 0 Å². The molecular formula is C10H16S2. The van der Waals surface area contributed by atoms with Gasteiger partial charge in [-0.05, 0) is 37.2 Å². The van der Waals surface area contributed by atoms with Gasteiger partial charge in [0, 0.05) is 10.5 Å². The molecule has 2 aliphatic heterocycles. The fraction of sp³-hybridized carbons (Fsp3) is 0.800. The van der Waals surface area contributed by atoms with Crippen LogP contribution in [0.5, 0.6) is 0 Å². The highest BCUT2D eigenvalue weighted by Crippen LogP contribution is 2.30. The van der Waals surface area contributed by atoms with E-state index in [0.717, 1.165) is 10.5 Å². The second kappa shape index (κ2) is 4.61. The zero-order valence-corrected chi connectivity index (χ0v) is 9.00. The monoisotopic (exact) mass is 200 g/mol. The molecule has 0 N–H and O–H groups in total. The van der Waals surface area contributed by atoms with E-state index in [0.29, 0.717) is 0 Å². The second-order valence-electron chi connectivity index (χ2n) is 3.49. The quantitative estimate of drug-likeness (QED) is 0.627. The highest BCUT2D eigenvalue weighted by Gasteiger charge is 2.15. The summed E-state index contributed by atoms with van der Waals surface area (Å²) in [5.41, 5.74) is 0. The summed E-state index contributed by atoms with van der Waals surface area (Å²) in [6.45, 7) is 0.